The highest BCUT2D eigenvalue weighted by Gasteiger charge is 2.28. The lowest BCUT2D eigenvalue weighted by atomic mass is 10.1. The van der Waals surface area contributed by atoms with Crippen molar-refractivity contribution >= 4 is 54.9 Å². The number of rotatable bonds is 2. The maximum absolute atomic E-state index is 10.8. The van der Waals surface area contributed by atoms with Gasteiger partial charge in [0, 0.05) is 0 Å². The third kappa shape index (κ3) is 10.6. The average Bonchev–Trinajstić information content (AvgIpc) is 2.60. The van der Waals surface area contributed by atoms with Crippen LogP contribution in [0.4, 0.5) is 0 Å². The van der Waals surface area contributed by atoms with Crippen molar-refractivity contribution in [2.45, 2.75) is 4.90 Å². The molecule has 0 saturated carbocycles. The van der Waals surface area contributed by atoms with E-state index in [1.54, 1.807) is 0 Å². The van der Waals surface area contributed by atoms with Crippen LogP contribution in [0.2, 0.25) is 0 Å². The first-order chi connectivity index (χ1) is 13.7. The van der Waals surface area contributed by atoms with Gasteiger partial charge in [0.15, 0.2) is 11.5 Å². The number of ketones is 2. The second-order valence-electron chi connectivity index (χ2n) is 4.29. The quantitative estimate of drug-likeness (QED) is 0.154. The molecule has 30 heavy (non-hydrogen) atoms. The molecule has 0 unspecified atom stereocenters. The number of phenolic OH excluding ortho intramolecular Hbond substituents is 2. The van der Waals surface area contributed by atoms with E-state index >= 15 is 0 Å². The number of para-hydroxylation sites is 1. The largest absolute Gasteiger partial charge is 0.504 e. The van der Waals surface area contributed by atoms with Crippen LogP contribution in [0.15, 0.2) is 46.2 Å². The number of carbonyl (C=O) groups is 2. The zero-order valence-corrected chi connectivity index (χ0v) is 17.2. The Morgan fingerprint density at radius 1 is 0.800 bits per heavy atom. The molecule has 0 spiro atoms. The van der Waals surface area contributed by atoms with Crippen molar-refractivity contribution in [3.8, 4) is 11.5 Å². The van der Waals surface area contributed by atoms with Crippen LogP contribution < -0.4 is 0 Å². The van der Waals surface area contributed by atoms with E-state index in [1.165, 1.54) is 6.07 Å². The minimum atomic E-state index is -4.57. The summed E-state index contributed by atoms with van der Waals surface area (Å²) < 4.78 is 91.9. The summed E-state index contributed by atoms with van der Waals surface area (Å²) in [6, 6.07) is 3.27. The van der Waals surface area contributed by atoms with E-state index in [0.29, 0.717) is 0 Å². The van der Waals surface area contributed by atoms with Crippen LogP contribution in [0, 0.1) is 0 Å². The summed E-state index contributed by atoms with van der Waals surface area (Å²) in [4.78, 5) is 19.8. The highest BCUT2D eigenvalue weighted by Crippen LogP contribution is 2.31. The van der Waals surface area contributed by atoms with Crippen molar-refractivity contribution < 1.29 is 62.6 Å². The predicted molar refractivity (Wildman–Crippen MR) is 96.2 cm³/mol. The zero-order valence-electron chi connectivity index (χ0n) is 14.0. The van der Waals surface area contributed by atoms with E-state index in [2.05, 4.69) is 0 Å². The van der Waals surface area contributed by atoms with Gasteiger partial charge < -0.3 is 10.2 Å². The Kier molecular flexibility index (Phi) is 13.0. The number of Topliss-reactive ketones (excluding diaryl/α,β-unsaturated/α-hetero) is 1. The molecule has 0 heterocycles. The fourth-order valence-corrected chi connectivity index (χ4v) is 2.60. The first-order valence-corrected chi connectivity index (χ1v) is 10.7. The number of allylic oxidation sites excluding steroid dienone is 4. The molecule has 0 aliphatic heterocycles. The molecule has 1 aliphatic rings. The van der Waals surface area contributed by atoms with Gasteiger partial charge in [-0.05, 0) is 24.3 Å². The van der Waals surface area contributed by atoms with E-state index in [-0.39, 0.29) is 0 Å². The normalized spacial score (nSPS) is 12.5. The van der Waals surface area contributed by atoms with Crippen LogP contribution in [-0.2, 0) is 53.0 Å². The first kappa shape index (κ1) is 29.3. The van der Waals surface area contributed by atoms with E-state index in [4.69, 9.17) is 36.2 Å². The lowest BCUT2D eigenvalue weighted by molar-refractivity contribution is -0.131. The lowest BCUT2D eigenvalue weighted by Crippen LogP contribution is -2.21. The Hall–Kier alpha value is -2.90. The third-order valence-electron chi connectivity index (χ3n) is 2.48. The Bertz CT molecular complexity index is 1120. The van der Waals surface area contributed by atoms with Crippen molar-refractivity contribution in [1.82, 2.24) is 0 Å². The summed E-state index contributed by atoms with van der Waals surface area (Å²) in [5.74, 6) is -3.60. The highest BCUT2D eigenvalue weighted by molar-refractivity contribution is 7.91. The predicted octanol–water partition coefficient (Wildman–Crippen LogP) is -1.53. The molecule has 18 heteroatoms. The maximum atomic E-state index is 10.8. The monoisotopic (exact) mass is 506 g/mol. The Morgan fingerprint density at radius 2 is 1.27 bits per heavy atom. The average molecular weight is 506 g/mol. The molecule has 14 nitrogen and oxygen atoms in total. The van der Waals surface area contributed by atoms with Crippen LogP contribution in [-0.4, -0.2) is 64.6 Å². The minimum Gasteiger partial charge on any atom is -0.504 e. The summed E-state index contributed by atoms with van der Waals surface area (Å²) in [5.41, 5.74) is 0. The van der Waals surface area contributed by atoms with E-state index in [9.17, 15) is 26.4 Å². The highest BCUT2D eigenvalue weighted by atomic mass is 32.2. The summed E-state index contributed by atoms with van der Waals surface area (Å²) in [6.07, 6.45) is 2.89. The SMILES string of the molecule is O=C1C=CC=C(S(=O)(=O)O)C1=O.O=S(=O)(O)c1cccc(O)c1O.O=S=O.O=S=O. The van der Waals surface area contributed by atoms with Crippen molar-refractivity contribution in [2.24, 2.45) is 0 Å². The molecule has 0 saturated heterocycles. The number of benzene rings is 1. The molecule has 0 amide bonds. The van der Waals surface area contributed by atoms with Crippen molar-refractivity contribution in [3.05, 3.63) is 41.3 Å². The van der Waals surface area contributed by atoms with Crippen LogP contribution >= 0.6 is 0 Å². The van der Waals surface area contributed by atoms with E-state index in [0.717, 1.165) is 30.4 Å². The first-order valence-electron chi connectivity index (χ1n) is 6.45. The number of aromatic hydroxyl groups is 2. The number of carbonyl (C=O) groups excluding carboxylic acids is 2. The standard InChI is InChI=1S/C6H6O5S.C6H4O5S.2O2S/c2*7-4-2-1-3-5(6(4)8)12(9,10)11;2*1-3-2/h1-3,7-8H,(H,9,10,11);1-3H,(H,9,10,11);;. The molecule has 1 aromatic carbocycles. The fraction of sp³-hybridized carbons (Fsp3) is 0. The Morgan fingerprint density at radius 3 is 1.60 bits per heavy atom. The molecule has 0 aromatic heterocycles. The molecular formula is C12H10O14S4. The summed E-state index contributed by atoms with van der Waals surface area (Å²) >= 11 is -1.50. The molecule has 0 atom stereocenters. The van der Waals surface area contributed by atoms with Gasteiger partial charge in [-0.2, -0.15) is 33.7 Å². The van der Waals surface area contributed by atoms with Gasteiger partial charge in [0.2, 0.25) is 11.6 Å². The molecule has 2 rings (SSSR count). The Labute approximate surface area is 175 Å². The van der Waals surface area contributed by atoms with Crippen LogP contribution in [0.1, 0.15) is 0 Å². The lowest BCUT2D eigenvalue weighted by Gasteiger charge is -2.01. The molecular weight excluding hydrogens is 496 g/mol. The second-order valence-corrected chi connectivity index (χ2v) is 7.35. The van der Waals surface area contributed by atoms with Crippen LogP contribution in [0.5, 0.6) is 11.5 Å². The van der Waals surface area contributed by atoms with Gasteiger partial charge in [0.05, 0.1) is 0 Å². The molecule has 1 aromatic rings. The number of hydrogen-bond acceptors (Lipinski definition) is 12. The van der Waals surface area contributed by atoms with Gasteiger partial charge in [-0.3, -0.25) is 18.7 Å². The van der Waals surface area contributed by atoms with Crippen LogP contribution in [0.25, 0.3) is 0 Å². The molecule has 1 aliphatic carbocycles. The van der Waals surface area contributed by atoms with Gasteiger partial charge in [-0.15, -0.1) is 0 Å². The smallest absolute Gasteiger partial charge is 0.335 e. The molecule has 4 N–H and O–H groups in total. The molecule has 0 fully saturated rings. The third-order valence-corrected chi connectivity index (χ3v) is 4.24. The second kappa shape index (κ2) is 13.3. The summed E-state index contributed by atoms with van der Waals surface area (Å²) in [6.45, 7) is 0. The Balaban J connectivity index is 0. The van der Waals surface area contributed by atoms with Gasteiger partial charge in [-0.25, -0.2) is 0 Å². The maximum Gasteiger partial charge on any atom is 0.335 e. The summed E-state index contributed by atoms with van der Waals surface area (Å²) in [5, 5.41) is 17.8. The summed E-state index contributed by atoms with van der Waals surface area (Å²) in [7, 11) is -9.03. The van der Waals surface area contributed by atoms with Gasteiger partial charge in [0.1, 0.15) is 9.80 Å². The fourth-order valence-electron chi connectivity index (χ4n) is 1.42. The molecule has 0 bridgehead atoms. The van der Waals surface area contributed by atoms with Gasteiger partial charge >= 0.3 is 23.1 Å². The number of hydrogen-bond donors (Lipinski definition) is 4. The molecule has 166 valence electrons. The van der Waals surface area contributed by atoms with Gasteiger partial charge in [-0.1, -0.05) is 12.1 Å². The van der Waals surface area contributed by atoms with Gasteiger partial charge in [0.25, 0.3) is 20.2 Å². The minimum absolute atomic E-state index is 0.592. The van der Waals surface area contributed by atoms with E-state index < -0.39 is 76.2 Å². The van der Waals surface area contributed by atoms with Crippen LogP contribution in [0.3, 0.4) is 0 Å². The van der Waals surface area contributed by atoms with Crippen molar-refractivity contribution in [3.63, 3.8) is 0 Å². The topological polar surface area (TPSA) is 252 Å². The number of phenols is 2. The van der Waals surface area contributed by atoms with Crippen molar-refractivity contribution in [1.29, 1.82) is 0 Å². The van der Waals surface area contributed by atoms with E-state index in [1.807, 2.05) is 0 Å². The van der Waals surface area contributed by atoms with Crippen molar-refractivity contribution in [2.75, 3.05) is 0 Å². The molecule has 0 radical (unpaired) electrons. The zero-order chi connectivity index (χ0) is 24.1.